The number of carbonyl (C=O) groups is 1. The van der Waals surface area contributed by atoms with Crippen molar-refractivity contribution < 1.29 is 9.32 Å². The third kappa shape index (κ3) is 3.32. The van der Waals surface area contributed by atoms with Crippen molar-refractivity contribution >= 4 is 11.6 Å². The van der Waals surface area contributed by atoms with E-state index in [9.17, 15) is 4.79 Å². The normalized spacial score (nSPS) is 11.5. The molecule has 4 nitrogen and oxygen atoms in total. The lowest BCUT2D eigenvalue weighted by Crippen LogP contribution is -2.21. The van der Waals surface area contributed by atoms with Crippen LogP contribution in [-0.2, 0) is 11.8 Å². The molecule has 112 valence electrons. The van der Waals surface area contributed by atoms with Gasteiger partial charge in [-0.2, -0.15) is 0 Å². The topological polar surface area (TPSA) is 55.1 Å². The molecule has 2 rings (SSSR count). The second-order valence-electron chi connectivity index (χ2n) is 6.22. The molecule has 1 aromatic heterocycles. The number of anilines is 1. The molecule has 0 aliphatic carbocycles. The highest BCUT2D eigenvalue weighted by molar-refractivity contribution is 6.05. The summed E-state index contributed by atoms with van der Waals surface area (Å²) in [6.45, 7) is 9.90. The SMILES string of the molecule is CCc1ccc(NC(=O)c2c(C(C)(C)C)noc2C)cc1. The smallest absolute Gasteiger partial charge is 0.261 e. The number of hydrogen-bond acceptors (Lipinski definition) is 3. The molecule has 0 bridgehead atoms. The highest BCUT2D eigenvalue weighted by Crippen LogP contribution is 2.27. The van der Waals surface area contributed by atoms with Gasteiger partial charge in [0.1, 0.15) is 17.0 Å². The Morgan fingerprint density at radius 2 is 1.86 bits per heavy atom. The molecular weight excluding hydrogens is 264 g/mol. The first-order valence-electron chi connectivity index (χ1n) is 7.20. The number of nitrogens with zero attached hydrogens (tertiary/aromatic N) is 1. The number of aryl methyl sites for hydroxylation is 2. The average molecular weight is 286 g/mol. The van der Waals surface area contributed by atoms with Gasteiger partial charge in [-0.05, 0) is 31.0 Å². The van der Waals surface area contributed by atoms with Crippen LogP contribution in [0.25, 0.3) is 0 Å². The third-order valence-corrected chi connectivity index (χ3v) is 3.42. The monoisotopic (exact) mass is 286 g/mol. The maximum absolute atomic E-state index is 12.5. The van der Waals surface area contributed by atoms with Crippen LogP contribution in [0.4, 0.5) is 5.69 Å². The molecule has 0 spiro atoms. The second-order valence-corrected chi connectivity index (χ2v) is 6.22. The number of rotatable bonds is 3. The zero-order valence-corrected chi connectivity index (χ0v) is 13.3. The summed E-state index contributed by atoms with van der Waals surface area (Å²) >= 11 is 0. The molecule has 1 N–H and O–H groups in total. The highest BCUT2D eigenvalue weighted by atomic mass is 16.5. The summed E-state index contributed by atoms with van der Waals surface area (Å²) in [6, 6.07) is 7.86. The van der Waals surface area contributed by atoms with Crippen LogP contribution in [0.3, 0.4) is 0 Å². The zero-order valence-electron chi connectivity index (χ0n) is 13.3. The van der Waals surface area contributed by atoms with Gasteiger partial charge in [-0.1, -0.05) is 45.0 Å². The lowest BCUT2D eigenvalue weighted by atomic mass is 9.88. The summed E-state index contributed by atoms with van der Waals surface area (Å²) < 4.78 is 5.21. The van der Waals surface area contributed by atoms with Crippen molar-refractivity contribution in [2.45, 2.75) is 46.5 Å². The maximum atomic E-state index is 12.5. The van der Waals surface area contributed by atoms with Gasteiger partial charge < -0.3 is 9.84 Å². The lowest BCUT2D eigenvalue weighted by molar-refractivity contribution is 0.102. The number of hydrogen-bond donors (Lipinski definition) is 1. The van der Waals surface area contributed by atoms with E-state index in [1.165, 1.54) is 5.56 Å². The van der Waals surface area contributed by atoms with Gasteiger partial charge in [-0.25, -0.2) is 0 Å². The van der Waals surface area contributed by atoms with Crippen molar-refractivity contribution in [3.63, 3.8) is 0 Å². The Labute approximate surface area is 125 Å². The van der Waals surface area contributed by atoms with Gasteiger partial charge in [0.05, 0.1) is 0 Å². The summed E-state index contributed by atoms with van der Waals surface area (Å²) in [4.78, 5) is 12.5. The molecule has 2 aromatic rings. The third-order valence-electron chi connectivity index (χ3n) is 3.42. The van der Waals surface area contributed by atoms with Crippen molar-refractivity contribution in [3.05, 3.63) is 46.8 Å². The average Bonchev–Trinajstić information content (AvgIpc) is 2.81. The summed E-state index contributed by atoms with van der Waals surface area (Å²) in [6.07, 6.45) is 0.979. The quantitative estimate of drug-likeness (QED) is 0.924. The van der Waals surface area contributed by atoms with Crippen LogP contribution in [-0.4, -0.2) is 11.1 Å². The number of aromatic nitrogens is 1. The first kappa shape index (κ1) is 15.3. The Hall–Kier alpha value is -2.10. The van der Waals surface area contributed by atoms with Crippen LogP contribution in [0, 0.1) is 6.92 Å². The summed E-state index contributed by atoms with van der Waals surface area (Å²) in [5.74, 6) is 0.366. The Kier molecular flexibility index (Phi) is 4.16. The predicted octanol–water partition coefficient (Wildman–Crippen LogP) is 4.10. The van der Waals surface area contributed by atoms with Crippen molar-refractivity contribution in [3.8, 4) is 0 Å². The molecule has 0 saturated heterocycles. The number of carbonyl (C=O) groups excluding carboxylic acids is 1. The maximum Gasteiger partial charge on any atom is 0.261 e. The van der Waals surface area contributed by atoms with Crippen LogP contribution in [0.5, 0.6) is 0 Å². The predicted molar refractivity (Wildman–Crippen MR) is 83.7 cm³/mol. The van der Waals surface area contributed by atoms with E-state index in [1.807, 2.05) is 45.0 Å². The molecule has 0 fully saturated rings. The Morgan fingerprint density at radius 1 is 1.24 bits per heavy atom. The van der Waals surface area contributed by atoms with Gasteiger partial charge in [-0.3, -0.25) is 4.79 Å². The highest BCUT2D eigenvalue weighted by Gasteiger charge is 2.28. The Morgan fingerprint density at radius 3 is 2.38 bits per heavy atom. The number of benzene rings is 1. The van der Waals surface area contributed by atoms with E-state index in [2.05, 4.69) is 17.4 Å². The number of amides is 1. The van der Waals surface area contributed by atoms with Gasteiger partial charge in [0.2, 0.25) is 0 Å². The van der Waals surface area contributed by atoms with E-state index >= 15 is 0 Å². The van der Waals surface area contributed by atoms with E-state index in [-0.39, 0.29) is 11.3 Å². The molecule has 0 unspecified atom stereocenters. The van der Waals surface area contributed by atoms with Gasteiger partial charge >= 0.3 is 0 Å². The first-order chi connectivity index (χ1) is 9.82. The second kappa shape index (κ2) is 5.72. The molecule has 1 aromatic carbocycles. The molecule has 1 heterocycles. The minimum Gasteiger partial charge on any atom is -0.361 e. The van der Waals surface area contributed by atoms with E-state index < -0.39 is 0 Å². The minimum absolute atomic E-state index is 0.178. The molecule has 0 aliphatic heterocycles. The van der Waals surface area contributed by atoms with Crippen LogP contribution in [0.2, 0.25) is 0 Å². The summed E-state index contributed by atoms with van der Waals surface area (Å²) in [5, 5.41) is 6.95. The van der Waals surface area contributed by atoms with Gasteiger partial charge in [0, 0.05) is 11.1 Å². The molecule has 4 heteroatoms. The minimum atomic E-state index is -0.240. The van der Waals surface area contributed by atoms with Crippen molar-refractivity contribution in [2.75, 3.05) is 5.32 Å². The van der Waals surface area contributed by atoms with Crippen LogP contribution >= 0.6 is 0 Å². The van der Waals surface area contributed by atoms with E-state index in [1.54, 1.807) is 6.92 Å². The largest absolute Gasteiger partial charge is 0.361 e. The molecule has 0 saturated carbocycles. The van der Waals surface area contributed by atoms with Crippen LogP contribution in [0.15, 0.2) is 28.8 Å². The van der Waals surface area contributed by atoms with E-state index in [0.29, 0.717) is 17.0 Å². The molecule has 1 amide bonds. The van der Waals surface area contributed by atoms with Gasteiger partial charge in [0.15, 0.2) is 0 Å². The lowest BCUT2D eigenvalue weighted by Gasteiger charge is -2.16. The van der Waals surface area contributed by atoms with Crippen molar-refractivity contribution in [1.29, 1.82) is 0 Å². The Bertz CT molecular complexity index is 634. The summed E-state index contributed by atoms with van der Waals surface area (Å²) in [5.41, 5.74) is 2.99. The van der Waals surface area contributed by atoms with Crippen molar-refractivity contribution in [1.82, 2.24) is 5.16 Å². The van der Waals surface area contributed by atoms with E-state index in [4.69, 9.17) is 4.52 Å². The fraction of sp³-hybridized carbons (Fsp3) is 0.412. The fourth-order valence-electron chi connectivity index (χ4n) is 2.17. The van der Waals surface area contributed by atoms with Crippen molar-refractivity contribution in [2.24, 2.45) is 0 Å². The molecule has 21 heavy (non-hydrogen) atoms. The Balaban J connectivity index is 2.26. The molecule has 0 radical (unpaired) electrons. The van der Waals surface area contributed by atoms with Gasteiger partial charge in [-0.15, -0.1) is 0 Å². The first-order valence-corrected chi connectivity index (χ1v) is 7.20. The van der Waals surface area contributed by atoms with Gasteiger partial charge in [0.25, 0.3) is 5.91 Å². The molecule has 0 atom stereocenters. The fourth-order valence-corrected chi connectivity index (χ4v) is 2.17. The van der Waals surface area contributed by atoms with E-state index in [0.717, 1.165) is 12.1 Å². The molecular formula is C17H22N2O2. The van der Waals surface area contributed by atoms with Crippen LogP contribution in [0.1, 0.15) is 55.1 Å². The number of nitrogens with one attached hydrogen (secondary N) is 1. The molecule has 0 aliphatic rings. The van der Waals surface area contributed by atoms with Crippen LogP contribution < -0.4 is 5.32 Å². The zero-order chi connectivity index (χ0) is 15.6. The standard InChI is InChI=1S/C17H22N2O2/c1-6-12-7-9-13(10-8-12)18-16(20)14-11(2)21-19-15(14)17(3,4)5/h7-10H,6H2,1-5H3,(H,18,20). The summed E-state index contributed by atoms with van der Waals surface area (Å²) in [7, 11) is 0.